The van der Waals surface area contributed by atoms with Crippen LogP contribution in [0.2, 0.25) is 0 Å². The van der Waals surface area contributed by atoms with Crippen LogP contribution in [0.3, 0.4) is 0 Å². The van der Waals surface area contributed by atoms with Gasteiger partial charge in [-0.3, -0.25) is 0 Å². The van der Waals surface area contributed by atoms with Gasteiger partial charge in [0.2, 0.25) is 0 Å². The zero-order chi connectivity index (χ0) is 14.0. The van der Waals surface area contributed by atoms with Gasteiger partial charge in [0.1, 0.15) is 18.2 Å². The Bertz CT molecular complexity index is 446. The number of hydrogen-bond donors (Lipinski definition) is 1. The van der Waals surface area contributed by atoms with Crippen molar-refractivity contribution < 1.29 is 13.9 Å². The Balaban J connectivity index is 2.01. The van der Waals surface area contributed by atoms with Crippen LogP contribution in [0.5, 0.6) is 5.75 Å². The van der Waals surface area contributed by atoms with Crippen molar-refractivity contribution in [1.82, 2.24) is 0 Å². The first-order valence-corrected chi connectivity index (χ1v) is 6.73. The summed E-state index contributed by atoms with van der Waals surface area (Å²) in [6.07, 6.45) is 2.05. The largest absolute Gasteiger partial charge is 0.490 e. The minimum atomic E-state index is -0.313. The highest BCUT2D eigenvalue weighted by Crippen LogP contribution is 2.31. The van der Waals surface area contributed by atoms with Gasteiger partial charge in [-0.15, -0.1) is 0 Å². The quantitative estimate of drug-likeness (QED) is 0.911. The molecule has 19 heavy (non-hydrogen) atoms. The molecule has 2 rings (SSSR count). The number of rotatable bonds is 4. The maximum Gasteiger partial charge on any atom is 0.127 e. The predicted octanol–water partition coefficient (Wildman–Crippen LogP) is 3.18. The standard InChI is InChI=1S/C15H22FNO2/c1-10(17)13-5-4-11(16)8-14(13)18-9-12-6-7-15(2,3)19-12/h4-5,8,10,12H,6-7,9,17H2,1-3H3. The number of hydrogen-bond acceptors (Lipinski definition) is 3. The summed E-state index contributed by atoms with van der Waals surface area (Å²) in [5.74, 6) is 0.204. The van der Waals surface area contributed by atoms with E-state index in [2.05, 4.69) is 13.8 Å². The summed E-state index contributed by atoms with van der Waals surface area (Å²) in [5.41, 5.74) is 6.59. The van der Waals surface area contributed by atoms with Gasteiger partial charge in [0.15, 0.2) is 0 Å². The normalized spacial score (nSPS) is 23.3. The lowest BCUT2D eigenvalue weighted by molar-refractivity contribution is -0.0328. The zero-order valence-corrected chi connectivity index (χ0v) is 11.8. The summed E-state index contributed by atoms with van der Waals surface area (Å²) in [7, 11) is 0. The van der Waals surface area contributed by atoms with Gasteiger partial charge in [0.05, 0.1) is 11.7 Å². The minimum absolute atomic E-state index is 0.0687. The molecule has 0 spiro atoms. The predicted molar refractivity (Wildman–Crippen MR) is 72.7 cm³/mol. The van der Waals surface area contributed by atoms with Gasteiger partial charge in [-0.2, -0.15) is 0 Å². The monoisotopic (exact) mass is 267 g/mol. The third-order valence-electron chi connectivity index (χ3n) is 3.44. The molecular weight excluding hydrogens is 245 g/mol. The van der Waals surface area contributed by atoms with Crippen LogP contribution in [-0.2, 0) is 4.74 Å². The number of ether oxygens (including phenoxy) is 2. The molecule has 1 heterocycles. The number of nitrogens with two attached hydrogens (primary N) is 1. The fraction of sp³-hybridized carbons (Fsp3) is 0.600. The lowest BCUT2D eigenvalue weighted by Gasteiger charge is -2.20. The van der Waals surface area contributed by atoms with Crippen molar-refractivity contribution in [2.75, 3.05) is 6.61 Å². The number of halogens is 1. The molecule has 1 aliphatic rings. The molecule has 1 saturated heterocycles. The summed E-state index contributed by atoms with van der Waals surface area (Å²) >= 11 is 0. The molecule has 1 aromatic carbocycles. The van der Waals surface area contributed by atoms with Gasteiger partial charge < -0.3 is 15.2 Å². The highest BCUT2D eigenvalue weighted by Gasteiger charge is 2.32. The Morgan fingerprint density at radius 3 is 2.84 bits per heavy atom. The molecule has 1 aromatic rings. The summed E-state index contributed by atoms with van der Waals surface area (Å²) in [4.78, 5) is 0. The van der Waals surface area contributed by atoms with E-state index in [1.807, 2.05) is 6.92 Å². The van der Waals surface area contributed by atoms with E-state index < -0.39 is 0 Å². The third kappa shape index (κ3) is 3.67. The third-order valence-corrected chi connectivity index (χ3v) is 3.44. The van der Waals surface area contributed by atoms with E-state index in [-0.39, 0.29) is 23.6 Å². The van der Waals surface area contributed by atoms with E-state index in [0.717, 1.165) is 18.4 Å². The van der Waals surface area contributed by atoms with E-state index >= 15 is 0 Å². The van der Waals surface area contributed by atoms with Gasteiger partial charge in [-0.05, 0) is 39.7 Å². The van der Waals surface area contributed by atoms with Crippen LogP contribution >= 0.6 is 0 Å². The molecule has 0 aromatic heterocycles. The first kappa shape index (κ1) is 14.3. The van der Waals surface area contributed by atoms with E-state index in [4.69, 9.17) is 15.2 Å². The Morgan fingerprint density at radius 2 is 2.26 bits per heavy atom. The lowest BCUT2D eigenvalue weighted by Crippen LogP contribution is -2.24. The van der Waals surface area contributed by atoms with Gasteiger partial charge >= 0.3 is 0 Å². The average molecular weight is 267 g/mol. The number of benzene rings is 1. The molecule has 0 amide bonds. The van der Waals surface area contributed by atoms with Crippen molar-refractivity contribution in [3.05, 3.63) is 29.6 Å². The van der Waals surface area contributed by atoms with Crippen LogP contribution in [0.1, 0.15) is 45.2 Å². The smallest absolute Gasteiger partial charge is 0.127 e. The molecule has 2 atom stereocenters. The van der Waals surface area contributed by atoms with Crippen LogP contribution in [0, 0.1) is 5.82 Å². The maximum atomic E-state index is 13.3. The molecule has 0 bridgehead atoms. The summed E-state index contributed by atoms with van der Waals surface area (Å²) in [6, 6.07) is 4.28. The fourth-order valence-corrected chi connectivity index (χ4v) is 2.39. The molecule has 2 unspecified atom stereocenters. The first-order valence-electron chi connectivity index (χ1n) is 6.73. The van der Waals surface area contributed by atoms with Crippen LogP contribution in [0.25, 0.3) is 0 Å². The van der Waals surface area contributed by atoms with Crippen molar-refractivity contribution in [3.8, 4) is 5.75 Å². The summed E-state index contributed by atoms with van der Waals surface area (Å²) in [5, 5.41) is 0. The molecular formula is C15H22FNO2. The Kier molecular flexibility index (Phi) is 4.11. The van der Waals surface area contributed by atoms with Crippen molar-refractivity contribution >= 4 is 0 Å². The van der Waals surface area contributed by atoms with Crippen molar-refractivity contribution in [3.63, 3.8) is 0 Å². The molecule has 3 nitrogen and oxygen atoms in total. The van der Waals surface area contributed by atoms with E-state index in [1.54, 1.807) is 6.07 Å². The van der Waals surface area contributed by atoms with Gasteiger partial charge in [-0.1, -0.05) is 6.07 Å². The van der Waals surface area contributed by atoms with Gasteiger partial charge in [-0.25, -0.2) is 4.39 Å². The van der Waals surface area contributed by atoms with Crippen LogP contribution in [0.15, 0.2) is 18.2 Å². The highest BCUT2D eigenvalue weighted by atomic mass is 19.1. The van der Waals surface area contributed by atoms with Crippen LogP contribution in [-0.4, -0.2) is 18.3 Å². The second-order valence-corrected chi connectivity index (χ2v) is 5.82. The molecule has 1 aliphatic heterocycles. The second kappa shape index (κ2) is 5.47. The van der Waals surface area contributed by atoms with Crippen molar-refractivity contribution in [2.24, 2.45) is 5.73 Å². The highest BCUT2D eigenvalue weighted by molar-refractivity contribution is 5.36. The maximum absolute atomic E-state index is 13.3. The Labute approximate surface area is 113 Å². The van der Waals surface area contributed by atoms with Gasteiger partial charge in [0.25, 0.3) is 0 Å². The average Bonchev–Trinajstić information content (AvgIpc) is 2.66. The van der Waals surface area contributed by atoms with Crippen LogP contribution in [0.4, 0.5) is 4.39 Å². The summed E-state index contributed by atoms with van der Waals surface area (Å²) in [6.45, 7) is 6.44. The molecule has 1 fully saturated rings. The molecule has 4 heteroatoms. The van der Waals surface area contributed by atoms with E-state index in [0.29, 0.717) is 12.4 Å². The first-order chi connectivity index (χ1) is 8.87. The molecule has 0 aliphatic carbocycles. The molecule has 0 saturated carbocycles. The lowest BCUT2D eigenvalue weighted by atomic mass is 10.1. The Hall–Kier alpha value is -1.13. The molecule has 0 radical (unpaired) electrons. The topological polar surface area (TPSA) is 44.5 Å². The van der Waals surface area contributed by atoms with Crippen molar-refractivity contribution in [2.45, 2.75) is 51.4 Å². The SMILES string of the molecule is CC(N)c1ccc(F)cc1OCC1CCC(C)(C)O1. The Morgan fingerprint density at radius 1 is 1.53 bits per heavy atom. The zero-order valence-electron chi connectivity index (χ0n) is 11.8. The second-order valence-electron chi connectivity index (χ2n) is 5.82. The summed E-state index contributed by atoms with van der Waals surface area (Å²) < 4.78 is 24.8. The van der Waals surface area contributed by atoms with Gasteiger partial charge in [0, 0.05) is 17.7 Å². The minimum Gasteiger partial charge on any atom is -0.490 e. The molecule has 2 N–H and O–H groups in total. The van der Waals surface area contributed by atoms with Crippen LogP contribution < -0.4 is 10.5 Å². The van der Waals surface area contributed by atoms with Crippen molar-refractivity contribution in [1.29, 1.82) is 0 Å². The van der Waals surface area contributed by atoms with E-state index in [9.17, 15) is 4.39 Å². The molecule has 106 valence electrons. The van der Waals surface area contributed by atoms with E-state index in [1.165, 1.54) is 12.1 Å². The fourth-order valence-electron chi connectivity index (χ4n) is 2.39.